The van der Waals surface area contributed by atoms with Gasteiger partial charge >= 0.3 is 30.5 Å². The third-order valence-electron chi connectivity index (χ3n) is 5.52. The Kier molecular flexibility index (Phi) is 9.98. The number of carbonyl (C=O) groups is 4. The molecule has 1 aromatic rings. The van der Waals surface area contributed by atoms with Crippen LogP contribution in [0, 0.1) is 11.6 Å². The molecule has 0 aliphatic carbocycles. The van der Waals surface area contributed by atoms with E-state index in [1.807, 2.05) is 0 Å². The first-order valence-electron chi connectivity index (χ1n) is 11.3. The number of rotatable bonds is 7. The Bertz CT molecular complexity index is 1300. The van der Waals surface area contributed by atoms with E-state index < -0.39 is 114 Å². The van der Waals surface area contributed by atoms with Crippen molar-refractivity contribution in [3.63, 3.8) is 0 Å². The molecule has 0 saturated carbocycles. The Morgan fingerprint density at radius 2 is 1.43 bits per heavy atom. The fourth-order valence-corrected chi connectivity index (χ4v) is 3.33. The quantitative estimate of drug-likeness (QED) is 0.303. The molecular weight excluding hydrogens is 651 g/mol. The summed E-state index contributed by atoms with van der Waals surface area (Å²) >= 11 is 0. The number of halogens is 13. The van der Waals surface area contributed by atoms with E-state index in [0.717, 1.165) is 5.32 Å². The highest BCUT2D eigenvalue weighted by Gasteiger charge is 2.58. The second kappa shape index (κ2) is 12.1. The smallest absolute Gasteiger partial charge is 0.439 e. The van der Waals surface area contributed by atoms with Crippen LogP contribution < -0.4 is 20.4 Å². The highest BCUT2D eigenvalue weighted by molar-refractivity contribution is 6.11. The van der Waals surface area contributed by atoms with E-state index in [0.29, 0.717) is 0 Å². The molecule has 3 N–H and O–H groups in total. The summed E-state index contributed by atoms with van der Waals surface area (Å²) in [4.78, 5) is 49.8. The van der Waals surface area contributed by atoms with Crippen LogP contribution in [0.4, 0.5) is 73.2 Å². The molecule has 2 unspecified atom stereocenters. The normalized spacial score (nSPS) is 17.8. The molecule has 1 aliphatic heterocycles. The largest absolute Gasteiger partial charge is 0.455 e. The van der Waals surface area contributed by atoms with Gasteiger partial charge in [0.05, 0.1) is 24.5 Å². The van der Waals surface area contributed by atoms with Gasteiger partial charge < -0.3 is 20.5 Å². The maximum Gasteiger partial charge on any atom is 0.455 e. The Morgan fingerprint density at radius 1 is 0.909 bits per heavy atom. The highest BCUT2D eigenvalue weighted by atomic mass is 19.4. The molecule has 0 bridgehead atoms. The van der Waals surface area contributed by atoms with E-state index in [1.165, 1.54) is 5.32 Å². The summed E-state index contributed by atoms with van der Waals surface area (Å²) in [6, 6.07) is -2.70. The van der Waals surface area contributed by atoms with E-state index in [9.17, 15) is 81.4 Å². The van der Waals surface area contributed by atoms with Crippen LogP contribution in [0.1, 0.15) is 6.92 Å². The van der Waals surface area contributed by atoms with E-state index in [1.54, 1.807) is 0 Å². The zero-order valence-electron chi connectivity index (χ0n) is 21.4. The number of hydrogen-bond donors (Lipinski definition) is 3. The lowest BCUT2D eigenvalue weighted by atomic mass is 10.0. The van der Waals surface area contributed by atoms with Crippen molar-refractivity contribution >= 4 is 35.2 Å². The van der Waals surface area contributed by atoms with Crippen LogP contribution in [-0.2, 0) is 19.1 Å². The van der Waals surface area contributed by atoms with Crippen molar-refractivity contribution in [3.8, 4) is 0 Å². The number of fused-ring (bicyclic) bond motifs is 1. The van der Waals surface area contributed by atoms with E-state index in [4.69, 9.17) is 0 Å². The molecular formula is C21H17F13N4O6. The number of hydrogen-bond acceptors (Lipinski definition) is 6. The summed E-state index contributed by atoms with van der Waals surface area (Å²) in [5.74, 6) is -15.8. The lowest BCUT2D eigenvalue weighted by Gasteiger charge is -2.29. The van der Waals surface area contributed by atoms with E-state index in [2.05, 4.69) is 4.74 Å². The molecule has 0 radical (unpaired) electrons. The Morgan fingerprint density at radius 3 is 1.91 bits per heavy atom. The van der Waals surface area contributed by atoms with E-state index in [-0.39, 0.29) is 24.0 Å². The van der Waals surface area contributed by atoms with Gasteiger partial charge in [0.15, 0.2) is 18.2 Å². The molecule has 1 aliphatic rings. The maximum atomic E-state index is 14.1. The van der Waals surface area contributed by atoms with Gasteiger partial charge in [-0.3, -0.25) is 24.2 Å². The second-order valence-corrected chi connectivity index (χ2v) is 9.06. The van der Waals surface area contributed by atoms with Crippen LogP contribution in [-0.4, -0.2) is 91.3 Å². The first-order chi connectivity index (χ1) is 19.7. The predicted molar refractivity (Wildman–Crippen MR) is 116 cm³/mol. The molecule has 1 aromatic carbocycles. The number of nitrogens with zero attached hydrogens (tertiary/aromatic N) is 2. The number of nitrogens with one attached hydrogen (secondary N) is 2. The molecule has 0 aromatic heterocycles. The molecule has 0 spiro atoms. The van der Waals surface area contributed by atoms with Crippen LogP contribution in [0.25, 0.3) is 0 Å². The number of alkyl halides is 11. The Hall–Kier alpha value is -4.05. The van der Waals surface area contributed by atoms with Gasteiger partial charge in [0.25, 0.3) is 17.7 Å². The van der Waals surface area contributed by atoms with Crippen LogP contribution in [0.15, 0.2) is 12.1 Å². The Balaban J connectivity index is 2.53. The van der Waals surface area contributed by atoms with Crippen molar-refractivity contribution in [1.29, 1.82) is 0 Å². The van der Waals surface area contributed by atoms with Gasteiger partial charge in [0.1, 0.15) is 12.6 Å². The lowest BCUT2D eigenvalue weighted by molar-refractivity contribution is -0.278. The summed E-state index contributed by atoms with van der Waals surface area (Å²) in [6.07, 6.45) is -18.9. The summed E-state index contributed by atoms with van der Waals surface area (Å²) in [5.41, 5.74) is -6.15. The Labute approximate surface area is 235 Å². The topological polar surface area (TPSA) is 128 Å². The first-order valence-corrected chi connectivity index (χ1v) is 11.3. The van der Waals surface area contributed by atoms with Crippen LogP contribution >= 0.6 is 0 Å². The average molecular weight is 668 g/mol. The van der Waals surface area contributed by atoms with Crippen molar-refractivity contribution in [1.82, 2.24) is 10.6 Å². The van der Waals surface area contributed by atoms with Crippen molar-refractivity contribution in [2.75, 3.05) is 36.0 Å². The molecule has 2 rings (SSSR count). The molecule has 10 nitrogen and oxygen atoms in total. The minimum atomic E-state index is -6.21. The monoisotopic (exact) mass is 668 g/mol. The lowest BCUT2D eigenvalue weighted by Crippen LogP contribution is -2.62. The molecule has 2 atom stereocenters. The minimum absolute atomic E-state index is 0.00912. The zero-order valence-corrected chi connectivity index (χ0v) is 21.4. The summed E-state index contributed by atoms with van der Waals surface area (Å²) in [7, 11) is 0. The SMILES string of the molecule is CC(O)(C(=O)NCC(F)(F)C(F)(F)F)C(=O)NC1CN(C(=O)OCC(F)(F)F)c2cc(F)c(F)cc2N(CC(F)(F)F)C1=O. The fraction of sp³-hybridized carbons (Fsp3) is 0.524. The molecule has 0 saturated heterocycles. The van der Waals surface area contributed by atoms with Crippen molar-refractivity contribution < 1.29 is 86.1 Å². The molecule has 44 heavy (non-hydrogen) atoms. The molecule has 23 heteroatoms. The predicted octanol–water partition coefficient (Wildman–Crippen LogP) is 2.93. The third kappa shape index (κ3) is 8.53. The fourth-order valence-electron chi connectivity index (χ4n) is 3.33. The average Bonchev–Trinajstić information content (AvgIpc) is 2.95. The number of amides is 4. The second-order valence-electron chi connectivity index (χ2n) is 9.06. The molecule has 1 heterocycles. The highest BCUT2D eigenvalue weighted by Crippen LogP contribution is 2.38. The third-order valence-corrected chi connectivity index (χ3v) is 5.52. The summed E-state index contributed by atoms with van der Waals surface area (Å²) in [5, 5.41) is 12.5. The van der Waals surface area contributed by atoms with Crippen LogP contribution in [0.5, 0.6) is 0 Å². The van der Waals surface area contributed by atoms with Gasteiger partial charge in [0, 0.05) is 12.1 Å². The van der Waals surface area contributed by atoms with Gasteiger partial charge in [0.2, 0.25) is 5.60 Å². The molecule has 4 amide bonds. The van der Waals surface area contributed by atoms with Gasteiger partial charge in [-0.2, -0.15) is 48.3 Å². The minimum Gasteiger partial charge on any atom is -0.439 e. The van der Waals surface area contributed by atoms with Crippen molar-refractivity contribution in [2.45, 2.75) is 43.0 Å². The van der Waals surface area contributed by atoms with Gasteiger partial charge in [-0.1, -0.05) is 0 Å². The number of anilines is 2. The van der Waals surface area contributed by atoms with Crippen molar-refractivity contribution in [2.24, 2.45) is 0 Å². The van der Waals surface area contributed by atoms with Gasteiger partial charge in [-0.25, -0.2) is 13.6 Å². The maximum absolute atomic E-state index is 14.1. The van der Waals surface area contributed by atoms with Crippen molar-refractivity contribution in [3.05, 3.63) is 23.8 Å². The van der Waals surface area contributed by atoms with Crippen LogP contribution in [0.2, 0.25) is 0 Å². The number of aliphatic hydroxyl groups is 1. The van der Waals surface area contributed by atoms with Gasteiger partial charge in [-0.05, 0) is 6.92 Å². The van der Waals surface area contributed by atoms with Crippen LogP contribution in [0.3, 0.4) is 0 Å². The number of carbonyl (C=O) groups excluding carboxylic acids is 4. The molecule has 248 valence electrons. The molecule has 0 fully saturated rings. The van der Waals surface area contributed by atoms with E-state index >= 15 is 0 Å². The van der Waals surface area contributed by atoms with Gasteiger partial charge in [-0.15, -0.1) is 0 Å². The number of ether oxygens (including phenoxy) is 1. The summed E-state index contributed by atoms with van der Waals surface area (Å²) < 4.78 is 173. The number of benzene rings is 1. The first kappa shape index (κ1) is 36.1. The zero-order chi connectivity index (χ0) is 34.2. The standard InChI is InChI=1S/C21H17F13N4O6/c1-17(43,14(40)35-5-18(24,25)21(32,33)34)15(41)36-10-4-37(16(42)44-7-20(29,30)31)11-2-8(22)9(23)3-12(11)38(13(10)39)6-19(26,27)28/h2-3,10,43H,4-7H2,1H3,(H,35,40)(H,36,41). The summed E-state index contributed by atoms with van der Waals surface area (Å²) in [6.45, 7) is -8.61.